The van der Waals surface area contributed by atoms with Crippen LogP contribution in [0.2, 0.25) is 0 Å². The van der Waals surface area contributed by atoms with E-state index in [0.717, 1.165) is 6.42 Å². The second-order valence-electron chi connectivity index (χ2n) is 6.12. The molecule has 0 aromatic heterocycles. The van der Waals surface area contributed by atoms with Crippen molar-refractivity contribution in [3.63, 3.8) is 0 Å². The largest absolute Gasteiger partial charge is 0.339 e. The molecule has 0 aromatic rings. The molecule has 4 N–H and O–H groups in total. The molecule has 1 aliphatic carbocycles. The van der Waals surface area contributed by atoms with E-state index in [9.17, 15) is 13.2 Å². The molecule has 1 atom stereocenters. The third kappa shape index (κ3) is 4.64. The van der Waals surface area contributed by atoms with Crippen LogP contribution in [0.25, 0.3) is 0 Å². The number of hydrogen-bond donors (Lipinski definition) is 2. The monoisotopic (exact) mass is 318 g/mol. The van der Waals surface area contributed by atoms with Gasteiger partial charge in [0.25, 0.3) is 10.2 Å². The van der Waals surface area contributed by atoms with Gasteiger partial charge in [-0.2, -0.15) is 12.7 Å². The molecule has 21 heavy (non-hydrogen) atoms. The van der Waals surface area contributed by atoms with E-state index >= 15 is 0 Å². The lowest BCUT2D eigenvalue weighted by Gasteiger charge is -2.35. The Morgan fingerprint density at radius 1 is 1.10 bits per heavy atom. The number of nitrogens with two attached hydrogens (primary N) is 2. The van der Waals surface area contributed by atoms with Crippen LogP contribution in [0.15, 0.2) is 0 Å². The molecule has 0 bridgehead atoms. The zero-order valence-electron chi connectivity index (χ0n) is 12.4. The molecule has 0 spiro atoms. The SMILES string of the molecule is NC(CC1CCCCC1)C(=O)N1CCN(S(N)(=O)=O)CC1. The van der Waals surface area contributed by atoms with Gasteiger partial charge in [0.2, 0.25) is 5.91 Å². The van der Waals surface area contributed by atoms with Gasteiger partial charge in [0.1, 0.15) is 0 Å². The predicted molar refractivity (Wildman–Crippen MR) is 80.4 cm³/mol. The van der Waals surface area contributed by atoms with Crippen molar-refractivity contribution in [2.45, 2.75) is 44.6 Å². The number of rotatable bonds is 4. The van der Waals surface area contributed by atoms with Crippen molar-refractivity contribution < 1.29 is 13.2 Å². The van der Waals surface area contributed by atoms with Crippen molar-refractivity contribution in [3.05, 3.63) is 0 Å². The van der Waals surface area contributed by atoms with Crippen LogP contribution in [-0.2, 0) is 15.0 Å². The van der Waals surface area contributed by atoms with Gasteiger partial charge in [0, 0.05) is 26.2 Å². The topological polar surface area (TPSA) is 110 Å². The average molecular weight is 318 g/mol. The molecule has 122 valence electrons. The Kier molecular flexibility index (Phi) is 5.59. The molecular weight excluding hydrogens is 292 g/mol. The lowest BCUT2D eigenvalue weighted by Crippen LogP contribution is -2.55. The summed E-state index contributed by atoms with van der Waals surface area (Å²) < 4.78 is 23.7. The Morgan fingerprint density at radius 3 is 2.19 bits per heavy atom. The second kappa shape index (κ2) is 7.04. The fraction of sp³-hybridized carbons (Fsp3) is 0.923. The molecule has 0 radical (unpaired) electrons. The quantitative estimate of drug-likeness (QED) is 0.737. The molecule has 1 saturated heterocycles. The van der Waals surface area contributed by atoms with Crippen LogP contribution in [0, 0.1) is 5.92 Å². The number of hydrogen-bond acceptors (Lipinski definition) is 4. The van der Waals surface area contributed by atoms with Crippen LogP contribution in [0.5, 0.6) is 0 Å². The first kappa shape index (κ1) is 16.7. The molecule has 2 fully saturated rings. The van der Waals surface area contributed by atoms with Crippen LogP contribution < -0.4 is 10.9 Å². The van der Waals surface area contributed by atoms with Gasteiger partial charge in [-0.25, -0.2) is 5.14 Å². The summed E-state index contributed by atoms with van der Waals surface area (Å²) in [5.74, 6) is 0.498. The van der Waals surface area contributed by atoms with Crippen LogP contribution >= 0.6 is 0 Å². The number of carbonyl (C=O) groups excluding carboxylic acids is 1. The fourth-order valence-corrected chi connectivity index (χ4v) is 3.95. The van der Waals surface area contributed by atoms with E-state index < -0.39 is 16.3 Å². The Bertz CT molecular complexity index is 454. The maximum absolute atomic E-state index is 12.3. The molecular formula is C13H26N4O3S. The van der Waals surface area contributed by atoms with E-state index in [4.69, 9.17) is 10.9 Å². The fourth-order valence-electron chi connectivity index (χ4n) is 3.28. The van der Waals surface area contributed by atoms with Gasteiger partial charge in [-0.15, -0.1) is 0 Å². The zero-order chi connectivity index (χ0) is 15.5. The lowest BCUT2D eigenvalue weighted by molar-refractivity contribution is -0.134. The standard InChI is InChI=1S/C13H26N4O3S/c14-12(10-11-4-2-1-3-5-11)13(18)16-6-8-17(9-7-16)21(15,19)20/h11-12H,1-10,14H2,(H2,15,19,20). The van der Waals surface area contributed by atoms with Gasteiger partial charge in [0.05, 0.1) is 6.04 Å². The Labute approximate surface area is 126 Å². The lowest BCUT2D eigenvalue weighted by atomic mass is 9.85. The van der Waals surface area contributed by atoms with Crippen molar-refractivity contribution in [2.24, 2.45) is 16.8 Å². The summed E-state index contributed by atoms with van der Waals surface area (Å²) in [7, 11) is -3.65. The molecule has 2 aliphatic rings. The van der Waals surface area contributed by atoms with Crippen LogP contribution in [-0.4, -0.2) is 55.8 Å². The highest BCUT2D eigenvalue weighted by Gasteiger charge is 2.30. The first-order chi connectivity index (χ1) is 9.88. The Hall–Kier alpha value is -0.700. The number of nitrogens with zero attached hydrogens (tertiary/aromatic N) is 2. The van der Waals surface area contributed by atoms with Gasteiger partial charge in [-0.3, -0.25) is 4.79 Å². The zero-order valence-corrected chi connectivity index (χ0v) is 13.2. The van der Waals surface area contributed by atoms with Crippen molar-refractivity contribution in [2.75, 3.05) is 26.2 Å². The molecule has 1 heterocycles. The Balaban J connectivity index is 1.80. The maximum atomic E-state index is 12.3. The third-order valence-electron chi connectivity index (χ3n) is 4.54. The minimum atomic E-state index is -3.65. The third-order valence-corrected chi connectivity index (χ3v) is 5.62. The molecule has 1 amide bonds. The van der Waals surface area contributed by atoms with Gasteiger partial charge >= 0.3 is 0 Å². The van der Waals surface area contributed by atoms with E-state index in [1.807, 2.05) is 0 Å². The highest BCUT2D eigenvalue weighted by Crippen LogP contribution is 2.27. The molecule has 7 nitrogen and oxygen atoms in total. The number of carbonyl (C=O) groups is 1. The number of amides is 1. The highest BCUT2D eigenvalue weighted by molar-refractivity contribution is 7.86. The molecule has 1 aliphatic heterocycles. The summed E-state index contributed by atoms with van der Waals surface area (Å²) in [4.78, 5) is 14.0. The minimum Gasteiger partial charge on any atom is -0.339 e. The predicted octanol–water partition coefficient (Wildman–Crippen LogP) is -0.368. The van der Waals surface area contributed by atoms with Gasteiger partial charge < -0.3 is 10.6 Å². The molecule has 2 rings (SSSR count). The maximum Gasteiger partial charge on any atom is 0.277 e. The summed E-state index contributed by atoms with van der Waals surface area (Å²) >= 11 is 0. The van der Waals surface area contributed by atoms with E-state index in [0.29, 0.717) is 19.0 Å². The van der Waals surface area contributed by atoms with Crippen LogP contribution in [0.4, 0.5) is 0 Å². The van der Waals surface area contributed by atoms with E-state index in [-0.39, 0.29) is 19.0 Å². The Morgan fingerprint density at radius 2 is 1.67 bits per heavy atom. The van der Waals surface area contributed by atoms with Crippen molar-refractivity contribution in [1.82, 2.24) is 9.21 Å². The summed E-state index contributed by atoms with van der Waals surface area (Å²) in [5.41, 5.74) is 6.05. The van der Waals surface area contributed by atoms with Crippen molar-refractivity contribution in [1.29, 1.82) is 0 Å². The van der Waals surface area contributed by atoms with Crippen LogP contribution in [0.3, 0.4) is 0 Å². The minimum absolute atomic E-state index is 0.0605. The van der Waals surface area contributed by atoms with E-state index in [1.54, 1.807) is 4.90 Å². The van der Waals surface area contributed by atoms with E-state index in [2.05, 4.69) is 0 Å². The molecule has 1 saturated carbocycles. The first-order valence-corrected chi connectivity index (χ1v) is 9.20. The second-order valence-corrected chi connectivity index (χ2v) is 7.66. The van der Waals surface area contributed by atoms with E-state index in [1.165, 1.54) is 36.4 Å². The summed E-state index contributed by atoms with van der Waals surface area (Å²) in [6.45, 7) is 1.24. The van der Waals surface area contributed by atoms with Gasteiger partial charge in [-0.05, 0) is 12.3 Å². The van der Waals surface area contributed by atoms with Crippen molar-refractivity contribution in [3.8, 4) is 0 Å². The van der Waals surface area contributed by atoms with Gasteiger partial charge in [0.15, 0.2) is 0 Å². The van der Waals surface area contributed by atoms with Crippen LogP contribution in [0.1, 0.15) is 38.5 Å². The first-order valence-electron chi connectivity index (χ1n) is 7.70. The van der Waals surface area contributed by atoms with Gasteiger partial charge in [-0.1, -0.05) is 32.1 Å². The smallest absolute Gasteiger partial charge is 0.277 e. The summed E-state index contributed by atoms with van der Waals surface area (Å²) in [6.07, 6.45) is 6.83. The normalized spacial score (nSPS) is 24.0. The summed E-state index contributed by atoms with van der Waals surface area (Å²) in [5, 5.41) is 5.09. The molecule has 1 unspecified atom stereocenters. The van der Waals surface area contributed by atoms with Crippen molar-refractivity contribution >= 4 is 16.1 Å². The molecule has 0 aromatic carbocycles. The molecule has 8 heteroatoms. The average Bonchev–Trinajstić information content (AvgIpc) is 2.46. The highest BCUT2D eigenvalue weighted by atomic mass is 32.2. The summed E-state index contributed by atoms with van der Waals surface area (Å²) in [6, 6.07) is -0.464. The number of piperazine rings is 1.